The van der Waals surface area contributed by atoms with E-state index >= 15 is 0 Å². The molecular formula is C24H18F6N+. The van der Waals surface area contributed by atoms with Crippen molar-refractivity contribution in [1.82, 2.24) is 4.48 Å². The van der Waals surface area contributed by atoms with Crippen LogP contribution in [0.5, 0.6) is 0 Å². The zero-order chi connectivity index (χ0) is 22.4. The molecule has 31 heavy (non-hydrogen) atoms. The Balaban J connectivity index is 1.99. The Labute approximate surface area is 175 Å². The molecule has 4 rings (SSSR count). The third-order valence-corrected chi connectivity index (χ3v) is 5.62. The van der Waals surface area contributed by atoms with Gasteiger partial charge < -0.3 is 0 Å². The maximum Gasteiger partial charge on any atom is 0.422 e. The molecule has 3 aromatic rings. The number of hydrogen-bond donors (Lipinski definition) is 0. The molecule has 1 aliphatic heterocycles. The lowest BCUT2D eigenvalue weighted by Crippen LogP contribution is -2.39. The molecule has 160 valence electrons. The number of quaternary nitrogens is 1. The van der Waals surface area contributed by atoms with E-state index in [-0.39, 0.29) is 11.4 Å². The van der Waals surface area contributed by atoms with E-state index < -0.39 is 33.9 Å². The Morgan fingerprint density at radius 3 is 2.06 bits per heavy atom. The number of hydrogen-bond acceptors (Lipinski definition) is 0. The molecule has 0 aliphatic carbocycles. The molecule has 2 unspecified atom stereocenters. The van der Waals surface area contributed by atoms with Crippen LogP contribution in [-0.4, -0.2) is 7.05 Å². The predicted molar refractivity (Wildman–Crippen MR) is 108 cm³/mol. The lowest BCUT2D eigenvalue weighted by molar-refractivity contribution is -0.138. The number of nitrogens with zero attached hydrogens (tertiary/aromatic N) is 1. The van der Waals surface area contributed by atoms with Crippen LogP contribution in [0.1, 0.15) is 28.2 Å². The number of benzene rings is 3. The van der Waals surface area contributed by atoms with Gasteiger partial charge in [0.1, 0.15) is 17.5 Å². The molecule has 0 saturated heterocycles. The van der Waals surface area contributed by atoms with Crippen LogP contribution in [0, 0.1) is 0 Å². The third kappa shape index (κ3) is 3.74. The Bertz CT molecular complexity index is 1130. The lowest BCUT2D eigenvalue weighted by atomic mass is 9.85. The van der Waals surface area contributed by atoms with Gasteiger partial charge in [0.25, 0.3) is 0 Å². The Hall–Kier alpha value is -3.06. The highest BCUT2D eigenvalue weighted by atomic mass is 19.4. The number of para-hydroxylation sites is 1. The fourth-order valence-corrected chi connectivity index (χ4v) is 4.13. The molecule has 0 fully saturated rings. The van der Waals surface area contributed by atoms with Gasteiger partial charge in [-0.15, -0.1) is 0 Å². The Morgan fingerprint density at radius 1 is 0.742 bits per heavy atom. The van der Waals surface area contributed by atoms with Crippen molar-refractivity contribution >= 4 is 11.4 Å². The summed E-state index contributed by atoms with van der Waals surface area (Å²) in [5, 5.41) is 0. The minimum atomic E-state index is -4.67. The second-order valence-corrected chi connectivity index (χ2v) is 7.59. The largest absolute Gasteiger partial charge is 0.422 e. The van der Waals surface area contributed by atoms with E-state index in [9.17, 15) is 26.3 Å². The quantitative estimate of drug-likeness (QED) is 0.287. The molecule has 0 N–H and O–H groups in total. The lowest BCUT2D eigenvalue weighted by Gasteiger charge is -2.38. The van der Waals surface area contributed by atoms with Gasteiger partial charge in [0.05, 0.1) is 12.6 Å². The molecule has 0 amide bonds. The van der Waals surface area contributed by atoms with Crippen LogP contribution < -0.4 is 4.48 Å². The topological polar surface area (TPSA) is 0 Å². The summed E-state index contributed by atoms with van der Waals surface area (Å²) in [6, 6.07) is 17.4. The zero-order valence-corrected chi connectivity index (χ0v) is 16.4. The summed E-state index contributed by atoms with van der Waals surface area (Å²) in [7, 11) is 1.47. The van der Waals surface area contributed by atoms with Crippen LogP contribution in [0.2, 0.25) is 0 Å². The molecule has 1 heterocycles. The van der Waals surface area contributed by atoms with Gasteiger partial charge in [0, 0.05) is 17.5 Å². The first-order chi connectivity index (χ1) is 14.5. The van der Waals surface area contributed by atoms with Crippen LogP contribution >= 0.6 is 0 Å². The summed E-state index contributed by atoms with van der Waals surface area (Å²) >= 11 is 0. The van der Waals surface area contributed by atoms with Crippen molar-refractivity contribution in [2.75, 3.05) is 7.05 Å². The van der Waals surface area contributed by atoms with Gasteiger partial charge in [-0.25, -0.2) is 4.48 Å². The van der Waals surface area contributed by atoms with Crippen LogP contribution in [0.3, 0.4) is 0 Å². The van der Waals surface area contributed by atoms with Crippen LogP contribution in [0.4, 0.5) is 37.7 Å². The summed E-state index contributed by atoms with van der Waals surface area (Å²) in [4.78, 5) is 0. The van der Waals surface area contributed by atoms with E-state index in [2.05, 4.69) is 0 Å². The maximum atomic E-state index is 14.0. The van der Waals surface area contributed by atoms with E-state index in [0.29, 0.717) is 5.56 Å². The van der Waals surface area contributed by atoms with Crippen molar-refractivity contribution in [3.05, 3.63) is 107 Å². The fraction of sp³-hybridized carbons (Fsp3) is 0.167. The van der Waals surface area contributed by atoms with Crippen LogP contribution in [0.15, 0.2) is 85.1 Å². The van der Waals surface area contributed by atoms with E-state index in [0.717, 1.165) is 23.8 Å². The first kappa shape index (κ1) is 21.2. The third-order valence-electron chi connectivity index (χ3n) is 5.62. The molecule has 1 aliphatic rings. The summed E-state index contributed by atoms with van der Waals surface area (Å²) in [6.07, 6.45) is -5.99. The average Bonchev–Trinajstić information content (AvgIpc) is 2.73. The van der Waals surface area contributed by atoms with Gasteiger partial charge in [0.2, 0.25) is 0 Å². The van der Waals surface area contributed by atoms with Gasteiger partial charge >= 0.3 is 12.4 Å². The Kier molecular flexibility index (Phi) is 4.97. The summed E-state index contributed by atoms with van der Waals surface area (Å²) in [6.45, 7) is 0. The fourth-order valence-electron chi connectivity index (χ4n) is 4.13. The second kappa shape index (κ2) is 7.27. The van der Waals surface area contributed by atoms with Crippen molar-refractivity contribution in [3.63, 3.8) is 0 Å². The molecule has 7 heteroatoms. The minimum Gasteiger partial charge on any atom is -0.235 e. The highest BCUT2D eigenvalue weighted by Crippen LogP contribution is 2.51. The minimum absolute atomic E-state index is 0.0781. The zero-order valence-electron chi connectivity index (χ0n) is 16.4. The van der Waals surface area contributed by atoms with E-state index in [1.165, 1.54) is 31.4 Å². The second-order valence-electron chi connectivity index (χ2n) is 7.59. The van der Waals surface area contributed by atoms with Gasteiger partial charge in [-0.2, -0.15) is 26.3 Å². The van der Waals surface area contributed by atoms with Gasteiger partial charge in [-0.3, -0.25) is 0 Å². The molecule has 0 aromatic heterocycles. The molecule has 0 spiro atoms. The highest BCUT2D eigenvalue weighted by molar-refractivity contribution is 5.72. The smallest absolute Gasteiger partial charge is 0.235 e. The highest BCUT2D eigenvalue weighted by Gasteiger charge is 2.46. The molecule has 0 radical (unpaired) electrons. The van der Waals surface area contributed by atoms with Crippen LogP contribution in [0.25, 0.3) is 0 Å². The standard InChI is InChI=1S/C24H18F6N/c1-31(18-10-5-9-17(15-18)23(25,26)27)14-13-19(16-7-3-2-4-8-16)20-11-6-12-21(22(20)31)24(28,29)30/h2-15,19H,1H3/q+1. The SMILES string of the molecule is C[N+]1(c2cccc(C(F)(F)F)c2)C=CC(c2ccccc2)c2cccc(C(F)(F)F)c21. The average molecular weight is 434 g/mol. The number of rotatable bonds is 2. The first-order valence-electron chi connectivity index (χ1n) is 9.51. The molecule has 2 atom stereocenters. The van der Waals surface area contributed by atoms with Crippen molar-refractivity contribution in [1.29, 1.82) is 0 Å². The van der Waals surface area contributed by atoms with Crippen LogP contribution in [-0.2, 0) is 12.4 Å². The summed E-state index contributed by atoms with van der Waals surface area (Å²) in [5.41, 5.74) is -0.552. The Morgan fingerprint density at radius 2 is 1.42 bits per heavy atom. The summed E-state index contributed by atoms with van der Waals surface area (Å²) in [5.74, 6) is -0.449. The summed E-state index contributed by atoms with van der Waals surface area (Å²) < 4.78 is 81.4. The van der Waals surface area contributed by atoms with Gasteiger partial charge in [0.15, 0.2) is 5.69 Å². The van der Waals surface area contributed by atoms with Gasteiger partial charge in [-0.1, -0.05) is 48.5 Å². The van der Waals surface area contributed by atoms with Crippen molar-refractivity contribution in [2.45, 2.75) is 18.3 Å². The normalized spacial score (nSPS) is 21.1. The van der Waals surface area contributed by atoms with Gasteiger partial charge in [-0.05, 0) is 29.8 Å². The number of alkyl halides is 6. The number of fused-ring (bicyclic) bond motifs is 1. The number of halogens is 6. The molecule has 0 saturated carbocycles. The van der Waals surface area contributed by atoms with E-state index in [1.807, 2.05) is 18.2 Å². The van der Waals surface area contributed by atoms with E-state index in [1.54, 1.807) is 24.3 Å². The molecule has 3 aromatic carbocycles. The molecule has 1 nitrogen and oxygen atoms in total. The first-order valence-corrected chi connectivity index (χ1v) is 9.51. The van der Waals surface area contributed by atoms with Crippen molar-refractivity contribution in [3.8, 4) is 0 Å². The van der Waals surface area contributed by atoms with Crippen molar-refractivity contribution < 1.29 is 26.3 Å². The monoisotopic (exact) mass is 434 g/mol. The maximum absolute atomic E-state index is 14.0. The molecule has 0 bridgehead atoms. The number of allylic oxidation sites excluding steroid dienone is 1. The molecular weight excluding hydrogens is 416 g/mol. The van der Waals surface area contributed by atoms with E-state index in [4.69, 9.17) is 0 Å². The van der Waals surface area contributed by atoms with Crippen molar-refractivity contribution in [2.24, 2.45) is 0 Å². The predicted octanol–water partition coefficient (Wildman–Crippen LogP) is 7.65.